The predicted molar refractivity (Wildman–Crippen MR) is 151 cm³/mol. The Morgan fingerprint density at radius 2 is 1.62 bits per heavy atom. The van der Waals surface area contributed by atoms with E-state index in [0.29, 0.717) is 24.6 Å². The van der Waals surface area contributed by atoms with Crippen LogP contribution < -0.4 is 14.8 Å². The van der Waals surface area contributed by atoms with Gasteiger partial charge in [-0.25, -0.2) is 4.98 Å². The molecule has 0 saturated heterocycles. The number of rotatable bonds is 16. The molecule has 37 heavy (non-hydrogen) atoms. The quantitative estimate of drug-likeness (QED) is 0.219. The number of nitrogens with zero attached hydrogens (tertiary/aromatic N) is 2. The number of amides is 1. The Balaban J connectivity index is 1.59. The lowest BCUT2D eigenvalue weighted by Gasteiger charge is -2.24. The molecule has 0 spiro atoms. The maximum atomic E-state index is 13.5. The highest BCUT2D eigenvalue weighted by Crippen LogP contribution is 2.28. The summed E-state index contributed by atoms with van der Waals surface area (Å²) in [4.78, 5) is 19.8. The molecule has 2 aromatic carbocycles. The zero-order valence-electron chi connectivity index (χ0n) is 22.5. The maximum Gasteiger partial charge on any atom is 0.254 e. The van der Waals surface area contributed by atoms with E-state index in [9.17, 15) is 4.79 Å². The number of nitrogens with one attached hydrogen (secondary N) is 1. The van der Waals surface area contributed by atoms with E-state index in [2.05, 4.69) is 29.4 Å². The molecule has 0 aliphatic rings. The Labute approximate surface area is 222 Å². The minimum absolute atomic E-state index is 0.0636. The van der Waals surface area contributed by atoms with Crippen LogP contribution in [0.3, 0.4) is 0 Å². The number of aromatic nitrogens is 1. The lowest BCUT2D eigenvalue weighted by Crippen LogP contribution is -2.31. The molecule has 198 valence electrons. The van der Waals surface area contributed by atoms with Gasteiger partial charge >= 0.3 is 0 Å². The van der Waals surface area contributed by atoms with Crippen molar-refractivity contribution in [1.29, 1.82) is 0 Å². The lowest BCUT2D eigenvalue weighted by atomic mass is 10.1. The van der Waals surface area contributed by atoms with Crippen LogP contribution in [0.15, 0.2) is 66.9 Å². The normalized spacial score (nSPS) is 10.7. The summed E-state index contributed by atoms with van der Waals surface area (Å²) in [6.07, 6.45) is 9.37. The summed E-state index contributed by atoms with van der Waals surface area (Å²) >= 11 is 0. The van der Waals surface area contributed by atoms with Crippen LogP contribution in [-0.4, -0.2) is 43.1 Å². The third-order valence-electron chi connectivity index (χ3n) is 6.45. The fourth-order valence-electron chi connectivity index (χ4n) is 4.29. The number of hydrogen-bond acceptors (Lipinski definition) is 5. The summed E-state index contributed by atoms with van der Waals surface area (Å²) in [6, 6.07) is 19.9. The molecule has 6 nitrogen and oxygen atoms in total. The van der Waals surface area contributed by atoms with Crippen molar-refractivity contribution in [3.8, 4) is 11.5 Å². The molecular weight excluding hydrogens is 462 g/mol. The number of carbonyl (C=O) groups is 1. The summed E-state index contributed by atoms with van der Waals surface area (Å²) < 4.78 is 10.9. The van der Waals surface area contributed by atoms with Crippen LogP contribution in [0.2, 0.25) is 0 Å². The van der Waals surface area contributed by atoms with Crippen LogP contribution in [0.4, 0.5) is 5.82 Å². The van der Waals surface area contributed by atoms with Crippen molar-refractivity contribution >= 4 is 11.7 Å². The van der Waals surface area contributed by atoms with E-state index in [4.69, 9.17) is 9.47 Å². The Kier molecular flexibility index (Phi) is 11.8. The minimum atomic E-state index is 0.0636. The number of benzene rings is 2. The average molecular weight is 504 g/mol. The van der Waals surface area contributed by atoms with E-state index in [0.717, 1.165) is 62.0 Å². The van der Waals surface area contributed by atoms with Crippen molar-refractivity contribution < 1.29 is 14.3 Å². The first-order valence-electron chi connectivity index (χ1n) is 13.4. The second-order valence-electron chi connectivity index (χ2n) is 9.27. The summed E-state index contributed by atoms with van der Waals surface area (Å²) in [7, 11) is 3.26. The van der Waals surface area contributed by atoms with Crippen LogP contribution in [0.1, 0.15) is 66.9 Å². The predicted octanol–water partition coefficient (Wildman–Crippen LogP) is 6.76. The number of anilines is 1. The van der Waals surface area contributed by atoms with Gasteiger partial charge in [0.25, 0.3) is 5.91 Å². The van der Waals surface area contributed by atoms with E-state index < -0.39 is 0 Å². The monoisotopic (exact) mass is 503 g/mol. The Morgan fingerprint density at radius 3 is 2.32 bits per heavy atom. The summed E-state index contributed by atoms with van der Waals surface area (Å²) in [5.41, 5.74) is 3.04. The van der Waals surface area contributed by atoms with E-state index in [-0.39, 0.29) is 5.91 Å². The highest BCUT2D eigenvalue weighted by Gasteiger charge is 2.17. The van der Waals surface area contributed by atoms with Crippen LogP contribution in [0.5, 0.6) is 11.5 Å². The summed E-state index contributed by atoms with van der Waals surface area (Å²) in [5.74, 6) is 2.34. The molecule has 0 bridgehead atoms. The SMILES string of the molecule is CCCCc1ccc(C(=O)N(CCCCCCNc2ccccn2)Cc2ccc(OC)c(OC)c2)cc1. The van der Waals surface area contributed by atoms with Crippen LogP contribution >= 0.6 is 0 Å². The second kappa shape index (κ2) is 15.5. The molecule has 0 aliphatic heterocycles. The molecule has 0 unspecified atom stereocenters. The number of aryl methyl sites for hydroxylation is 1. The molecule has 3 rings (SSSR count). The van der Waals surface area contributed by atoms with Crippen molar-refractivity contribution in [1.82, 2.24) is 9.88 Å². The van der Waals surface area contributed by atoms with E-state index >= 15 is 0 Å². The van der Waals surface area contributed by atoms with Gasteiger partial charge in [-0.1, -0.05) is 50.5 Å². The first-order chi connectivity index (χ1) is 18.1. The molecule has 1 heterocycles. The first kappa shape index (κ1) is 28.0. The van der Waals surface area contributed by atoms with Crippen LogP contribution in [0.25, 0.3) is 0 Å². The molecule has 1 amide bonds. The van der Waals surface area contributed by atoms with Gasteiger partial charge < -0.3 is 19.7 Å². The second-order valence-corrected chi connectivity index (χ2v) is 9.27. The number of carbonyl (C=O) groups excluding carboxylic acids is 1. The van der Waals surface area contributed by atoms with Crippen molar-refractivity contribution in [2.24, 2.45) is 0 Å². The largest absolute Gasteiger partial charge is 0.493 e. The first-order valence-corrected chi connectivity index (χ1v) is 13.4. The van der Waals surface area contributed by atoms with Gasteiger partial charge in [0, 0.05) is 31.4 Å². The van der Waals surface area contributed by atoms with E-state index in [1.54, 1.807) is 20.4 Å². The molecular formula is C31H41N3O3. The molecule has 1 N–H and O–H groups in total. The number of unbranched alkanes of at least 4 members (excludes halogenated alkanes) is 4. The smallest absolute Gasteiger partial charge is 0.254 e. The van der Waals surface area contributed by atoms with Crippen molar-refractivity contribution in [2.45, 2.75) is 58.4 Å². The molecule has 0 fully saturated rings. The van der Waals surface area contributed by atoms with Gasteiger partial charge in [-0.15, -0.1) is 0 Å². The highest BCUT2D eigenvalue weighted by atomic mass is 16.5. The zero-order chi connectivity index (χ0) is 26.3. The molecule has 3 aromatic rings. The third kappa shape index (κ3) is 9.12. The molecule has 0 atom stereocenters. The van der Waals surface area contributed by atoms with Gasteiger partial charge in [-0.2, -0.15) is 0 Å². The molecule has 0 radical (unpaired) electrons. The van der Waals surface area contributed by atoms with Crippen molar-refractivity contribution in [3.05, 3.63) is 83.6 Å². The van der Waals surface area contributed by atoms with Gasteiger partial charge in [0.2, 0.25) is 0 Å². The molecule has 1 aromatic heterocycles. The number of hydrogen-bond donors (Lipinski definition) is 1. The Hall–Kier alpha value is -3.54. The standard InChI is InChI=1S/C31H41N3O3/c1-4-5-12-25-14-17-27(18-15-25)31(35)34(24-26-16-19-28(36-2)29(23-26)37-3)22-11-7-6-9-20-32-30-13-8-10-21-33-30/h8,10,13-19,21,23H,4-7,9,11-12,20,22,24H2,1-3H3,(H,32,33). The molecule has 0 saturated carbocycles. The van der Waals surface area contributed by atoms with Gasteiger partial charge in [-0.05, 0) is 73.2 Å². The summed E-state index contributed by atoms with van der Waals surface area (Å²) in [6.45, 7) is 4.33. The minimum Gasteiger partial charge on any atom is -0.493 e. The number of pyridine rings is 1. The van der Waals surface area contributed by atoms with Gasteiger partial charge in [-0.3, -0.25) is 4.79 Å². The van der Waals surface area contributed by atoms with Gasteiger partial charge in [0.1, 0.15) is 5.82 Å². The number of methoxy groups -OCH3 is 2. The van der Waals surface area contributed by atoms with E-state index in [1.165, 1.54) is 12.0 Å². The summed E-state index contributed by atoms with van der Waals surface area (Å²) in [5, 5.41) is 3.36. The highest BCUT2D eigenvalue weighted by molar-refractivity contribution is 5.94. The van der Waals surface area contributed by atoms with Crippen molar-refractivity contribution in [2.75, 3.05) is 32.6 Å². The average Bonchev–Trinajstić information content (AvgIpc) is 2.95. The van der Waals surface area contributed by atoms with Crippen LogP contribution in [-0.2, 0) is 13.0 Å². The fraction of sp³-hybridized carbons (Fsp3) is 0.419. The van der Waals surface area contributed by atoms with Gasteiger partial charge in [0.15, 0.2) is 11.5 Å². The fourth-order valence-corrected chi connectivity index (χ4v) is 4.29. The maximum absolute atomic E-state index is 13.5. The Bertz CT molecular complexity index is 1070. The zero-order valence-corrected chi connectivity index (χ0v) is 22.5. The number of ether oxygens (including phenoxy) is 2. The third-order valence-corrected chi connectivity index (χ3v) is 6.45. The van der Waals surface area contributed by atoms with E-state index in [1.807, 2.05) is 53.4 Å². The lowest BCUT2D eigenvalue weighted by molar-refractivity contribution is 0.0739. The molecule has 0 aliphatic carbocycles. The van der Waals surface area contributed by atoms with Gasteiger partial charge in [0.05, 0.1) is 14.2 Å². The van der Waals surface area contributed by atoms with Crippen molar-refractivity contribution in [3.63, 3.8) is 0 Å². The molecule has 6 heteroatoms. The topological polar surface area (TPSA) is 63.7 Å². The van der Waals surface area contributed by atoms with Crippen LogP contribution in [0, 0.1) is 0 Å². The Morgan fingerprint density at radius 1 is 0.865 bits per heavy atom.